The molecule has 2 heterocycles. The average Bonchev–Trinajstić information content (AvgIpc) is 3.15. The molecule has 2 aliphatic rings. The molecule has 2 aliphatic heterocycles. The van der Waals surface area contributed by atoms with E-state index < -0.39 is 6.04 Å². The van der Waals surface area contributed by atoms with Crippen LogP contribution in [0, 0.1) is 0 Å². The van der Waals surface area contributed by atoms with Gasteiger partial charge in [0, 0.05) is 44.2 Å². The molecule has 2 aromatic rings. The summed E-state index contributed by atoms with van der Waals surface area (Å²) in [4.78, 5) is 29.8. The van der Waals surface area contributed by atoms with Gasteiger partial charge in [-0.3, -0.25) is 19.4 Å². The van der Waals surface area contributed by atoms with Crippen LogP contribution < -0.4 is 10.2 Å². The minimum atomic E-state index is -0.429. The van der Waals surface area contributed by atoms with Gasteiger partial charge in [-0.25, -0.2) is 0 Å². The van der Waals surface area contributed by atoms with Crippen molar-refractivity contribution in [2.75, 3.05) is 18.0 Å². The lowest BCUT2D eigenvalue weighted by Gasteiger charge is -2.33. The number of benzene rings is 2. The smallest absolute Gasteiger partial charge is 0.243 e. The molecule has 1 unspecified atom stereocenters. The van der Waals surface area contributed by atoms with E-state index in [4.69, 9.17) is 0 Å². The molecule has 0 spiro atoms. The van der Waals surface area contributed by atoms with Gasteiger partial charge in [0.15, 0.2) is 0 Å². The number of amides is 2. The number of anilines is 1. The van der Waals surface area contributed by atoms with Crippen molar-refractivity contribution in [3.8, 4) is 0 Å². The van der Waals surface area contributed by atoms with Gasteiger partial charge < -0.3 is 5.32 Å². The van der Waals surface area contributed by atoms with Crippen molar-refractivity contribution < 1.29 is 9.59 Å². The number of likely N-dealkylation sites (tertiary alicyclic amines) is 1. The lowest BCUT2D eigenvalue weighted by Crippen LogP contribution is -2.52. The number of carbonyl (C=O) groups excluding carboxylic acids is 2. The number of hydrogen-bond acceptors (Lipinski definition) is 3. The molecule has 29 heavy (non-hydrogen) atoms. The highest BCUT2D eigenvalue weighted by Gasteiger charge is 2.38. The zero-order valence-corrected chi connectivity index (χ0v) is 17.0. The Bertz CT molecular complexity index is 859. The highest BCUT2D eigenvalue weighted by molar-refractivity contribution is 6.03. The Morgan fingerprint density at radius 3 is 2.41 bits per heavy atom. The third-order valence-corrected chi connectivity index (χ3v) is 6.03. The SMILES string of the molecule is CCC(=O)N1c2ccccc2CC1C(=O)NC1CCN(Cc2ccccc2)CC1. The van der Waals surface area contributed by atoms with Crippen molar-refractivity contribution in [3.05, 3.63) is 65.7 Å². The molecule has 0 aromatic heterocycles. The van der Waals surface area contributed by atoms with Gasteiger partial charge in [0.1, 0.15) is 6.04 Å². The Hall–Kier alpha value is -2.66. The molecule has 0 aliphatic carbocycles. The van der Waals surface area contributed by atoms with Gasteiger partial charge in [0.25, 0.3) is 0 Å². The monoisotopic (exact) mass is 391 g/mol. The largest absolute Gasteiger partial charge is 0.351 e. The molecular formula is C24H29N3O2. The summed E-state index contributed by atoms with van der Waals surface area (Å²) in [6.07, 6.45) is 2.89. The number of carbonyl (C=O) groups is 2. The average molecular weight is 392 g/mol. The molecule has 0 radical (unpaired) electrons. The normalized spacial score (nSPS) is 19.8. The third kappa shape index (κ3) is 4.35. The van der Waals surface area contributed by atoms with Crippen LogP contribution in [-0.4, -0.2) is 41.9 Å². The predicted molar refractivity (Wildman–Crippen MR) is 115 cm³/mol. The summed E-state index contributed by atoms with van der Waals surface area (Å²) in [7, 11) is 0. The van der Waals surface area contributed by atoms with Crippen molar-refractivity contribution >= 4 is 17.5 Å². The van der Waals surface area contributed by atoms with Crippen molar-refractivity contribution in [3.63, 3.8) is 0 Å². The second-order valence-electron chi connectivity index (χ2n) is 8.01. The zero-order chi connectivity index (χ0) is 20.2. The maximum absolute atomic E-state index is 13.1. The van der Waals surface area contributed by atoms with Gasteiger partial charge in [0.05, 0.1) is 0 Å². The summed E-state index contributed by atoms with van der Waals surface area (Å²) in [5.74, 6) is -0.0164. The fourth-order valence-electron chi connectivity index (χ4n) is 4.45. The summed E-state index contributed by atoms with van der Waals surface area (Å²) < 4.78 is 0. The Morgan fingerprint density at radius 2 is 1.69 bits per heavy atom. The summed E-state index contributed by atoms with van der Waals surface area (Å²) in [5.41, 5.74) is 3.29. The van der Waals surface area contributed by atoms with Crippen LogP contribution in [0.4, 0.5) is 5.69 Å². The number of hydrogen-bond donors (Lipinski definition) is 1. The number of fused-ring (bicyclic) bond motifs is 1. The van der Waals surface area contributed by atoms with E-state index in [1.165, 1.54) is 5.56 Å². The van der Waals surface area contributed by atoms with Crippen LogP contribution in [0.2, 0.25) is 0 Å². The lowest BCUT2D eigenvalue weighted by molar-refractivity contribution is -0.126. The van der Waals surface area contributed by atoms with Crippen LogP contribution in [-0.2, 0) is 22.6 Å². The first kappa shape index (κ1) is 19.6. The van der Waals surface area contributed by atoms with Crippen LogP contribution in [0.3, 0.4) is 0 Å². The molecular weight excluding hydrogens is 362 g/mol. The summed E-state index contributed by atoms with van der Waals surface area (Å²) in [6, 6.07) is 18.1. The van der Waals surface area contributed by atoms with Crippen LogP contribution >= 0.6 is 0 Å². The summed E-state index contributed by atoms with van der Waals surface area (Å²) in [5, 5.41) is 3.23. The van der Waals surface area contributed by atoms with Crippen molar-refractivity contribution in [2.24, 2.45) is 0 Å². The maximum atomic E-state index is 13.1. The maximum Gasteiger partial charge on any atom is 0.243 e. The number of nitrogens with one attached hydrogen (secondary N) is 1. The van der Waals surface area contributed by atoms with Gasteiger partial charge >= 0.3 is 0 Å². The Morgan fingerprint density at radius 1 is 1.00 bits per heavy atom. The molecule has 1 atom stereocenters. The highest BCUT2D eigenvalue weighted by atomic mass is 16.2. The number of piperidine rings is 1. The Labute approximate surface area is 172 Å². The molecule has 4 rings (SSSR count). The van der Waals surface area contributed by atoms with Gasteiger partial charge in [-0.1, -0.05) is 55.5 Å². The van der Waals surface area contributed by atoms with E-state index in [1.54, 1.807) is 4.90 Å². The van der Waals surface area contributed by atoms with Gasteiger partial charge in [-0.2, -0.15) is 0 Å². The van der Waals surface area contributed by atoms with E-state index in [2.05, 4.69) is 34.5 Å². The molecule has 1 fully saturated rings. The van der Waals surface area contributed by atoms with Gasteiger partial charge in [-0.15, -0.1) is 0 Å². The van der Waals surface area contributed by atoms with Crippen molar-refractivity contribution in [1.29, 1.82) is 0 Å². The molecule has 1 N–H and O–H groups in total. The molecule has 5 heteroatoms. The minimum absolute atomic E-state index is 0.00720. The first-order chi connectivity index (χ1) is 14.2. The van der Waals surface area contributed by atoms with Crippen LogP contribution in [0.5, 0.6) is 0 Å². The second-order valence-corrected chi connectivity index (χ2v) is 8.01. The zero-order valence-electron chi connectivity index (χ0n) is 17.0. The third-order valence-electron chi connectivity index (χ3n) is 6.03. The summed E-state index contributed by atoms with van der Waals surface area (Å²) >= 11 is 0. The van der Waals surface area contributed by atoms with E-state index >= 15 is 0 Å². The standard InChI is InChI=1S/C24H29N3O2/c1-2-23(28)27-21-11-7-6-10-19(21)16-22(27)24(29)25-20-12-14-26(15-13-20)17-18-8-4-3-5-9-18/h3-11,20,22H,2,12-17H2,1H3,(H,25,29). The quantitative estimate of drug-likeness (QED) is 0.852. The highest BCUT2D eigenvalue weighted by Crippen LogP contribution is 2.32. The minimum Gasteiger partial charge on any atom is -0.351 e. The Kier molecular flexibility index (Phi) is 5.95. The second kappa shape index (κ2) is 8.78. The van der Waals surface area contributed by atoms with Crippen LogP contribution in [0.1, 0.15) is 37.3 Å². The Balaban J connectivity index is 1.34. The predicted octanol–water partition coefficient (Wildman–Crippen LogP) is 3.14. The number of nitrogens with zero attached hydrogens (tertiary/aromatic N) is 2. The van der Waals surface area contributed by atoms with E-state index in [1.807, 2.05) is 37.3 Å². The fraction of sp³-hybridized carbons (Fsp3) is 0.417. The van der Waals surface area contributed by atoms with Crippen molar-refractivity contribution in [2.45, 2.75) is 51.2 Å². The van der Waals surface area contributed by atoms with E-state index in [0.717, 1.165) is 43.7 Å². The van der Waals surface area contributed by atoms with Crippen LogP contribution in [0.15, 0.2) is 54.6 Å². The molecule has 0 bridgehead atoms. The summed E-state index contributed by atoms with van der Waals surface area (Å²) in [6.45, 7) is 4.75. The van der Waals surface area contributed by atoms with Crippen molar-refractivity contribution in [1.82, 2.24) is 10.2 Å². The molecule has 5 nitrogen and oxygen atoms in total. The fourth-order valence-corrected chi connectivity index (χ4v) is 4.45. The molecule has 2 aromatic carbocycles. The van der Waals surface area contributed by atoms with E-state index in [0.29, 0.717) is 12.8 Å². The number of rotatable bonds is 5. The van der Waals surface area contributed by atoms with E-state index in [-0.39, 0.29) is 17.9 Å². The first-order valence-corrected chi connectivity index (χ1v) is 10.6. The van der Waals surface area contributed by atoms with E-state index in [9.17, 15) is 9.59 Å². The topological polar surface area (TPSA) is 52.7 Å². The van der Waals surface area contributed by atoms with Gasteiger partial charge in [-0.05, 0) is 30.0 Å². The molecule has 2 amide bonds. The first-order valence-electron chi connectivity index (χ1n) is 10.6. The molecule has 152 valence electrons. The molecule has 1 saturated heterocycles. The van der Waals surface area contributed by atoms with Crippen LogP contribution in [0.25, 0.3) is 0 Å². The lowest BCUT2D eigenvalue weighted by atomic mass is 10.0. The molecule has 0 saturated carbocycles. The van der Waals surface area contributed by atoms with Gasteiger partial charge in [0.2, 0.25) is 11.8 Å². The number of para-hydroxylation sites is 1.